The Balaban J connectivity index is 1.47. The van der Waals surface area contributed by atoms with Gasteiger partial charge in [-0.05, 0) is 49.2 Å². The van der Waals surface area contributed by atoms with E-state index in [1.54, 1.807) is 18.3 Å². The molecular weight excluding hydrogens is 372 g/mol. The van der Waals surface area contributed by atoms with Crippen molar-refractivity contribution in [2.75, 3.05) is 30.8 Å². The number of likely N-dealkylation sites (tertiary alicyclic amines) is 1. The van der Waals surface area contributed by atoms with Gasteiger partial charge in [0, 0.05) is 32.4 Å². The number of benzene rings is 1. The van der Waals surface area contributed by atoms with Gasteiger partial charge >= 0.3 is 0 Å². The Bertz CT molecular complexity index is 940. The summed E-state index contributed by atoms with van der Waals surface area (Å²) < 4.78 is 5.58. The molecule has 3 aromatic rings. The molecule has 0 amide bonds. The first kappa shape index (κ1) is 19.3. The fourth-order valence-electron chi connectivity index (χ4n) is 3.53. The number of nitrogens with zero attached hydrogens (tertiary/aromatic N) is 6. The molecule has 29 heavy (non-hydrogen) atoms. The average Bonchev–Trinajstić information content (AvgIpc) is 3.38. The number of aromatic nitrogens is 3. The fraction of sp³-hybridized carbons (Fsp3) is 0.350. The monoisotopic (exact) mass is 395 g/mol. The first-order valence-electron chi connectivity index (χ1n) is 9.48. The second-order valence-electron chi connectivity index (χ2n) is 7.32. The molecule has 1 unspecified atom stereocenters. The van der Waals surface area contributed by atoms with Gasteiger partial charge < -0.3 is 19.9 Å². The summed E-state index contributed by atoms with van der Waals surface area (Å²) in [6.45, 7) is 1.63. The van der Waals surface area contributed by atoms with Crippen molar-refractivity contribution in [2.45, 2.75) is 25.4 Å². The topological polar surface area (TPSA) is 105 Å². The molecule has 1 N–H and O–H groups in total. The van der Waals surface area contributed by atoms with Gasteiger partial charge in [0.05, 0.1) is 11.7 Å². The molecule has 3 heterocycles. The van der Waals surface area contributed by atoms with Crippen LogP contribution in [0.5, 0.6) is 0 Å². The summed E-state index contributed by atoms with van der Waals surface area (Å²) in [5.74, 6) is 2.01. The van der Waals surface area contributed by atoms with Crippen LogP contribution in [0.15, 0.2) is 47.1 Å². The maximum absolute atomic E-state index is 10.9. The summed E-state index contributed by atoms with van der Waals surface area (Å²) in [5, 5.41) is 23.9. The van der Waals surface area contributed by atoms with E-state index in [4.69, 9.17) is 9.73 Å². The van der Waals surface area contributed by atoms with Gasteiger partial charge in [0.15, 0.2) is 0 Å². The molecule has 0 radical (unpaired) electrons. The molecule has 1 aliphatic rings. The predicted molar refractivity (Wildman–Crippen MR) is 108 cm³/mol. The molecular formula is C20H23N6O3-. The van der Waals surface area contributed by atoms with E-state index in [0.717, 1.165) is 36.3 Å². The zero-order valence-corrected chi connectivity index (χ0v) is 16.4. The Labute approximate surface area is 168 Å². The average molecular weight is 395 g/mol. The molecule has 1 fully saturated rings. The van der Waals surface area contributed by atoms with Crippen molar-refractivity contribution in [1.82, 2.24) is 20.0 Å². The van der Waals surface area contributed by atoms with Gasteiger partial charge in [-0.2, -0.15) is 4.98 Å². The molecule has 9 heteroatoms. The highest BCUT2D eigenvalue weighted by Crippen LogP contribution is 2.33. The first-order chi connectivity index (χ1) is 14.0. The summed E-state index contributed by atoms with van der Waals surface area (Å²) in [6, 6.07) is 10.8. The van der Waals surface area contributed by atoms with E-state index < -0.39 is 0 Å². The van der Waals surface area contributed by atoms with Crippen LogP contribution >= 0.6 is 0 Å². The molecule has 4 rings (SSSR count). The van der Waals surface area contributed by atoms with Crippen LogP contribution in [0.3, 0.4) is 0 Å². The molecule has 1 saturated heterocycles. The fourth-order valence-corrected chi connectivity index (χ4v) is 3.53. The third-order valence-electron chi connectivity index (χ3n) is 5.10. The van der Waals surface area contributed by atoms with Crippen LogP contribution in [0.25, 0.3) is 11.4 Å². The lowest BCUT2D eigenvalue weighted by Gasteiger charge is -2.23. The predicted octanol–water partition coefficient (Wildman–Crippen LogP) is 3.23. The third-order valence-corrected chi connectivity index (χ3v) is 5.10. The van der Waals surface area contributed by atoms with Crippen molar-refractivity contribution < 1.29 is 9.73 Å². The second-order valence-corrected chi connectivity index (χ2v) is 7.32. The second kappa shape index (κ2) is 8.16. The first-order valence-corrected chi connectivity index (χ1v) is 9.48. The highest BCUT2D eigenvalue weighted by atomic mass is 16.8. The van der Waals surface area contributed by atoms with Gasteiger partial charge in [0.1, 0.15) is 5.82 Å². The smallest absolute Gasteiger partial charge is 0.244 e. The summed E-state index contributed by atoms with van der Waals surface area (Å²) in [5.41, 5.74) is 2.07. The molecule has 0 saturated carbocycles. The van der Waals surface area contributed by atoms with Crippen molar-refractivity contribution >= 4 is 11.5 Å². The number of pyridine rings is 1. The maximum atomic E-state index is 10.9. The lowest BCUT2D eigenvalue weighted by molar-refractivity contribution is 0.201. The molecule has 1 aromatic carbocycles. The highest BCUT2D eigenvalue weighted by Gasteiger charge is 2.30. The lowest BCUT2D eigenvalue weighted by Crippen LogP contribution is -2.23. The summed E-state index contributed by atoms with van der Waals surface area (Å²) in [6.07, 6.45) is 3.74. The van der Waals surface area contributed by atoms with Crippen LogP contribution in [0, 0.1) is 5.21 Å². The van der Waals surface area contributed by atoms with E-state index in [-0.39, 0.29) is 17.0 Å². The van der Waals surface area contributed by atoms with Gasteiger partial charge in [-0.15, -0.1) is 0 Å². The molecule has 0 spiro atoms. The van der Waals surface area contributed by atoms with Gasteiger partial charge in [0.25, 0.3) is 0 Å². The van der Waals surface area contributed by atoms with Gasteiger partial charge in [0.2, 0.25) is 11.7 Å². The van der Waals surface area contributed by atoms with Gasteiger partial charge in [-0.3, -0.25) is 10.1 Å². The lowest BCUT2D eigenvalue weighted by atomic mass is 10.1. The zero-order valence-electron chi connectivity index (χ0n) is 16.4. The van der Waals surface area contributed by atoms with Crippen molar-refractivity contribution in [1.29, 1.82) is 0 Å². The molecule has 9 nitrogen and oxygen atoms in total. The summed E-state index contributed by atoms with van der Waals surface area (Å²) >= 11 is 0. The van der Waals surface area contributed by atoms with Crippen LogP contribution in [-0.2, 0) is 6.54 Å². The Morgan fingerprint density at radius 3 is 2.66 bits per heavy atom. The summed E-state index contributed by atoms with van der Waals surface area (Å²) in [4.78, 5) is 13.2. The van der Waals surface area contributed by atoms with Crippen molar-refractivity contribution in [2.24, 2.45) is 0 Å². The number of hydrogen-bond acceptors (Lipinski definition) is 9. The van der Waals surface area contributed by atoms with Crippen LogP contribution in [0.1, 0.15) is 30.3 Å². The summed E-state index contributed by atoms with van der Waals surface area (Å²) in [7, 11) is 3.88. The largest absolute Gasteiger partial charge is 0.733 e. The Morgan fingerprint density at radius 1 is 1.21 bits per heavy atom. The van der Waals surface area contributed by atoms with Crippen LogP contribution in [0.4, 0.5) is 11.5 Å². The van der Waals surface area contributed by atoms with E-state index in [9.17, 15) is 5.21 Å². The van der Waals surface area contributed by atoms with E-state index >= 15 is 0 Å². The molecule has 152 valence electrons. The minimum absolute atomic E-state index is 0.0544. The van der Waals surface area contributed by atoms with Gasteiger partial charge in [-0.1, -0.05) is 17.3 Å². The quantitative estimate of drug-likeness (QED) is 0.630. The number of anilines is 2. The Morgan fingerprint density at radius 2 is 2.00 bits per heavy atom. The number of rotatable bonds is 6. The van der Waals surface area contributed by atoms with E-state index in [1.165, 1.54) is 0 Å². The highest BCUT2D eigenvalue weighted by molar-refractivity contribution is 5.55. The van der Waals surface area contributed by atoms with Crippen molar-refractivity contribution in [3.63, 3.8) is 0 Å². The van der Waals surface area contributed by atoms with Gasteiger partial charge in [-0.25, -0.2) is 4.98 Å². The molecule has 2 aromatic heterocycles. The molecule has 0 aliphatic carbocycles. The third kappa shape index (κ3) is 4.21. The maximum Gasteiger partial charge on any atom is 0.244 e. The Hall–Kier alpha value is -3.01. The minimum Gasteiger partial charge on any atom is -0.733 e. The van der Waals surface area contributed by atoms with Crippen LogP contribution in [0.2, 0.25) is 0 Å². The minimum atomic E-state index is -0.137. The van der Waals surface area contributed by atoms with Crippen molar-refractivity contribution in [3.05, 3.63) is 59.3 Å². The normalized spacial score (nSPS) is 16.9. The van der Waals surface area contributed by atoms with E-state index in [0.29, 0.717) is 18.3 Å². The van der Waals surface area contributed by atoms with Crippen LogP contribution < -0.4 is 10.1 Å². The molecule has 0 bridgehead atoms. The Kier molecular flexibility index (Phi) is 5.43. The molecule has 1 aliphatic heterocycles. The number of hydrogen-bond donors (Lipinski definition) is 1. The SMILES string of the molecule is CN(C)c1ccc(-c2noc(C3CCCN3Cc3ccc(N([O-])O)cc3)n2)cn1. The van der Waals surface area contributed by atoms with Crippen molar-refractivity contribution in [3.8, 4) is 11.4 Å². The van der Waals surface area contributed by atoms with E-state index in [2.05, 4.69) is 20.0 Å². The molecule has 1 atom stereocenters. The van der Waals surface area contributed by atoms with Crippen LogP contribution in [-0.4, -0.2) is 45.9 Å². The zero-order chi connectivity index (χ0) is 20.4. The van der Waals surface area contributed by atoms with E-state index in [1.807, 2.05) is 43.3 Å². The standard InChI is InChI=1S/C20H23N6O3/c1-24(2)18-10-7-15(12-21-18)19-22-20(29-23-19)17-4-3-11-25(17)13-14-5-8-16(9-6-14)26(27)28/h5-10,12,17,27H,3-4,11,13H2,1-2H3/q-1.